The summed E-state index contributed by atoms with van der Waals surface area (Å²) in [6.45, 7) is 6.53. The van der Waals surface area contributed by atoms with Gasteiger partial charge < -0.3 is 29.7 Å². The van der Waals surface area contributed by atoms with E-state index in [1.165, 1.54) is 0 Å². The lowest BCUT2D eigenvalue weighted by molar-refractivity contribution is -0.277. The van der Waals surface area contributed by atoms with Crippen LogP contribution in [0, 0.1) is 5.92 Å². The van der Waals surface area contributed by atoms with Crippen LogP contribution >= 0.6 is 0 Å². The smallest absolute Gasteiger partial charge is 0.303 e. The van der Waals surface area contributed by atoms with Gasteiger partial charge in [-0.05, 0) is 33.9 Å². The third-order valence-corrected chi connectivity index (χ3v) is 8.16. The van der Waals surface area contributed by atoms with Crippen LogP contribution in [-0.4, -0.2) is 65.9 Å². The minimum atomic E-state index is -0.987. The van der Waals surface area contributed by atoms with Crippen LogP contribution in [-0.2, 0) is 37.0 Å². The Kier molecular flexibility index (Phi) is 10.6. The van der Waals surface area contributed by atoms with Crippen molar-refractivity contribution in [3.8, 4) is 11.1 Å². The molecule has 3 aromatic carbocycles. The summed E-state index contributed by atoms with van der Waals surface area (Å²) in [7, 11) is 0. The number of morpholine rings is 1. The molecule has 3 N–H and O–H groups in total. The van der Waals surface area contributed by atoms with Crippen LogP contribution in [0.15, 0.2) is 72.8 Å². The lowest BCUT2D eigenvalue weighted by Gasteiger charge is -2.43. The van der Waals surface area contributed by atoms with Crippen molar-refractivity contribution in [2.45, 2.75) is 51.4 Å². The highest BCUT2D eigenvalue weighted by Crippen LogP contribution is 2.42. The van der Waals surface area contributed by atoms with Gasteiger partial charge in [-0.2, -0.15) is 0 Å². The summed E-state index contributed by atoms with van der Waals surface area (Å²) >= 11 is 0. The molecule has 2 heterocycles. The molecule has 9 heteroatoms. The molecular weight excluding hydrogens is 548 g/mol. The van der Waals surface area contributed by atoms with E-state index in [0.29, 0.717) is 6.54 Å². The van der Waals surface area contributed by atoms with Gasteiger partial charge in [-0.15, -0.1) is 0 Å². The first kappa shape index (κ1) is 30.8. The van der Waals surface area contributed by atoms with Crippen molar-refractivity contribution in [2.24, 2.45) is 5.92 Å². The number of amides is 1. The molecule has 2 aliphatic heterocycles. The summed E-state index contributed by atoms with van der Waals surface area (Å²) in [5, 5.41) is 21.1. The standard InChI is InChI=1S/C34H40N2O7/c1-23-30(21-36-15-17-41-18-16-36)42-34(43-33(23)27-7-5-24(22-37)6-8-27)28-11-9-26(10-12-28)29-4-2-3-25(19-29)20-35-31(38)13-14-32(39)40/h2-12,19,23,30,33-34,37H,13-18,20-22H2,1H3,(H,35,38)(H,39,40)/t23-,30+,33+,34+/m0/s1. The van der Waals surface area contributed by atoms with Gasteiger partial charge >= 0.3 is 5.97 Å². The first-order chi connectivity index (χ1) is 20.9. The monoisotopic (exact) mass is 588 g/mol. The second-order valence-corrected chi connectivity index (χ2v) is 11.2. The fourth-order valence-corrected chi connectivity index (χ4v) is 5.57. The van der Waals surface area contributed by atoms with Gasteiger partial charge in [-0.25, -0.2) is 0 Å². The number of aliphatic hydroxyl groups excluding tert-OH is 1. The second-order valence-electron chi connectivity index (χ2n) is 11.2. The number of rotatable bonds is 11. The number of benzene rings is 3. The van der Waals surface area contributed by atoms with Crippen molar-refractivity contribution in [1.29, 1.82) is 0 Å². The van der Waals surface area contributed by atoms with E-state index in [4.69, 9.17) is 19.3 Å². The number of nitrogens with zero attached hydrogens (tertiary/aromatic N) is 1. The van der Waals surface area contributed by atoms with Gasteiger partial charge in [0.2, 0.25) is 5.91 Å². The fraction of sp³-hybridized carbons (Fsp3) is 0.412. The van der Waals surface area contributed by atoms with Crippen molar-refractivity contribution in [3.05, 3.63) is 95.1 Å². The zero-order valence-electron chi connectivity index (χ0n) is 24.5. The zero-order valence-corrected chi connectivity index (χ0v) is 24.5. The Morgan fingerprint density at radius 3 is 2.30 bits per heavy atom. The first-order valence-corrected chi connectivity index (χ1v) is 14.9. The molecule has 43 heavy (non-hydrogen) atoms. The van der Waals surface area contributed by atoms with Gasteiger partial charge in [0.15, 0.2) is 6.29 Å². The van der Waals surface area contributed by atoms with E-state index in [1.54, 1.807) is 0 Å². The number of nitrogens with one attached hydrogen (secondary N) is 1. The molecule has 0 unspecified atom stereocenters. The predicted octanol–water partition coefficient (Wildman–Crippen LogP) is 4.45. The lowest BCUT2D eigenvalue weighted by atomic mass is 9.90. The van der Waals surface area contributed by atoms with Crippen LogP contribution in [0.25, 0.3) is 11.1 Å². The molecule has 0 spiro atoms. The van der Waals surface area contributed by atoms with E-state index in [-0.39, 0.29) is 43.5 Å². The van der Waals surface area contributed by atoms with Gasteiger partial charge in [0.1, 0.15) is 0 Å². The SMILES string of the molecule is C[C@H]1[C@@H](CN2CCOCC2)O[C@@H](c2ccc(-c3cccc(CNC(=O)CCC(=O)O)c3)cc2)O[C@H]1c1ccc(CO)cc1. The number of aliphatic hydroxyl groups is 1. The van der Waals surface area contributed by atoms with Gasteiger partial charge in [0.25, 0.3) is 0 Å². The van der Waals surface area contributed by atoms with Crippen LogP contribution < -0.4 is 5.32 Å². The normalized spacial score (nSPS) is 22.7. The van der Waals surface area contributed by atoms with Crippen LogP contribution in [0.3, 0.4) is 0 Å². The largest absolute Gasteiger partial charge is 0.481 e. The molecule has 4 atom stereocenters. The molecule has 3 aromatic rings. The molecule has 228 valence electrons. The summed E-state index contributed by atoms with van der Waals surface area (Å²) in [4.78, 5) is 25.0. The zero-order chi connectivity index (χ0) is 30.2. The molecule has 0 saturated carbocycles. The van der Waals surface area contributed by atoms with Crippen LogP contribution in [0.1, 0.15) is 54.4 Å². The molecule has 2 aliphatic rings. The molecule has 2 saturated heterocycles. The third kappa shape index (κ3) is 8.28. The third-order valence-electron chi connectivity index (χ3n) is 8.16. The number of ether oxygens (including phenoxy) is 3. The molecule has 2 fully saturated rings. The minimum absolute atomic E-state index is 0.00341. The van der Waals surface area contributed by atoms with Gasteiger partial charge in [-0.1, -0.05) is 73.7 Å². The van der Waals surface area contributed by atoms with Crippen molar-refractivity contribution >= 4 is 11.9 Å². The second kappa shape index (κ2) is 14.7. The highest BCUT2D eigenvalue weighted by Gasteiger charge is 2.39. The molecule has 0 radical (unpaired) electrons. The Morgan fingerprint density at radius 1 is 0.884 bits per heavy atom. The Bertz CT molecular complexity index is 1360. The van der Waals surface area contributed by atoms with E-state index in [0.717, 1.165) is 66.2 Å². The van der Waals surface area contributed by atoms with E-state index in [9.17, 15) is 14.7 Å². The Labute approximate surface area is 252 Å². The molecule has 0 aliphatic carbocycles. The molecule has 0 bridgehead atoms. The number of carboxylic acid groups (broad SMARTS) is 1. The Morgan fingerprint density at radius 2 is 1.60 bits per heavy atom. The average Bonchev–Trinajstić information content (AvgIpc) is 3.04. The average molecular weight is 589 g/mol. The summed E-state index contributed by atoms with van der Waals surface area (Å²) < 4.78 is 18.8. The fourth-order valence-electron chi connectivity index (χ4n) is 5.57. The van der Waals surface area contributed by atoms with Gasteiger partial charge in [-0.3, -0.25) is 14.5 Å². The maximum atomic E-state index is 11.9. The van der Waals surface area contributed by atoms with E-state index >= 15 is 0 Å². The van der Waals surface area contributed by atoms with Crippen LogP contribution in [0.5, 0.6) is 0 Å². The highest BCUT2D eigenvalue weighted by atomic mass is 16.7. The topological polar surface area (TPSA) is 118 Å². The quantitative estimate of drug-likeness (QED) is 0.301. The number of carbonyl (C=O) groups is 2. The molecule has 9 nitrogen and oxygen atoms in total. The number of aliphatic carboxylic acids is 1. The van der Waals surface area contributed by atoms with Crippen LogP contribution in [0.2, 0.25) is 0 Å². The summed E-state index contributed by atoms with van der Waals surface area (Å²) in [6.07, 6.45) is -0.967. The highest BCUT2D eigenvalue weighted by molar-refractivity contribution is 5.80. The maximum absolute atomic E-state index is 11.9. The van der Waals surface area contributed by atoms with Gasteiger partial charge in [0.05, 0.1) is 38.4 Å². The summed E-state index contributed by atoms with van der Waals surface area (Å²) in [6, 6.07) is 24.0. The maximum Gasteiger partial charge on any atom is 0.303 e. The lowest BCUT2D eigenvalue weighted by Crippen LogP contribution is -2.47. The number of hydrogen-bond donors (Lipinski definition) is 3. The number of hydrogen-bond acceptors (Lipinski definition) is 7. The van der Waals surface area contributed by atoms with E-state index in [1.807, 2.05) is 72.8 Å². The Balaban J connectivity index is 1.30. The Hall–Kier alpha value is -3.60. The number of carbonyl (C=O) groups excluding carboxylic acids is 1. The molecule has 5 rings (SSSR count). The molecule has 1 amide bonds. The van der Waals surface area contributed by atoms with Crippen molar-refractivity contribution in [1.82, 2.24) is 10.2 Å². The molecular formula is C34H40N2O7. The van der Waals surface area contributed by atoms with Crippen molar-refractivity contribution < 1.29 is 34.0 Å². The van der Waals surface area contributed by atoms with Crippen LogP contribution in [0.4, 0.5) is 0 Å². The number of carboxylic acids is 1. The van der Waals surface area contributed by atoms with E-state index in [2.05, 4.69) is 17.1 Å². The summed E-state index contributed by atoms with van der Waals surface area (Å²) in [5.74, 6) is -1.15. The van der Waals surface area contributed by atoms with Crippen molar-refractivity contribution in [2.75, 3.05) is 32.8 Å². The van der Waals surface area contributed by atoms with Gasteiger partial charge in [0, 0.05) is 44.1 Å². The summed E-state index contributed by atoms with van der Waals surface area (Å²) in [5.41, 5.74) is 5.82. The van der Waals surface area contributed by atoms with E-state index < -0.39 is 12.3 Å². The first-order valence-electron chi connectivity index (χ1n) is 14.9. The molecule has 0 aromatic heterocycles. The minimum Gasteiger partial charge on any atom is -0.481 e. The predicted molar refractivity (Wildman–Crippen MR) is 161 cm³/mol. The van der Waals surface area contributed by atoms with Crippen molar-refractivity contribution in [3.63, 3.8) is 0 Å².